The Morgan fingerprint density at radius 1 is 1.55 bits per heavy atom. The lowest BCUT2D eigenvalue weighted by atomic mass is 9.95. The SMILES string of the molecule is C=CCNC(=NCCc1ccco1)NC1CCCC(SC)C1. The van der Waals surface area contributed by atoms with E-state index in [0.717, 1.165) is 36.5 Å². The number of nitrogens with zero attached hydrogens (tertiary/aromatic N) is 1. The van der Waals surface area contributed by atoms with Gasteiger partial charge in [0.2, 0.25) is 0 Å². The summed E-state index contributed by atoms with van der Waals surface area (Å²) in [5.74, 6) is 1.87. The largest absolute Gasteiger partial charge is 0.469 e. The Balaban J connectivity index is 1.85. The van der Waals surface area contributed by atoms with Gasteiger partial charge in [-0.1, -0.05) is 12.5 Å². The summed E-state index contributed by atoms with van der Waals surface area (Å²) in [6, 6.07) is 4.42. The van der Waals surface area contributed by atoms with Crippen LogP contribution in [0.4, 0.5) is 0 Å². The third-order valence-electron chi connectivity index (χ3n) is 3.92. The lowest BCUT2D eigenvalue weighted by Gasteiger charge is -2.29. The first-order valence-electron chi connectivity index (χ1n) is 8.02. The van der Waals surface area contributed by atoms with Crippen LogP contribution >= 0.6 is 11.8 Å². The molecule has 1 saturated carbocycles. The summed E-state index contributed by atoms with van der Waals surface area (Å²) in [5, 5.41) is 7.67. The molecule has 122 valence electrons. The first-order chi connectivity index (χ1) is 10.8. The number of thioether (sulfide) groups is 1. The highest BCUT2D eigenvalue weighted by molar-refractivity contribution is 7.99. The molecule has 1 fully saturated rings. The lowest BCUT2D eigenvalue weighted by molar-refractivity contribution is 0.419. The normalized spacial score (nSPS) is 22.3. The molecule has 0 radical (unpaired) electrons. The third-order valence-corrected chi connectivity index (χ3v) is 5.02. The zero-order chi connectivity index (χ0) is 15.6. The van der Waals surface area contributed by atoms with E-state index in [4.69, 9.17) is 4.42 Å². The number of hydrogen-bond acceptors (Lipinski definition) is 3. The van der Waals surface area contributed by atoms with Crippen LogP contribution < -0.4 is 10.6 Å². The Morgan fingerprint density at radius 3 is 3.18 bits per heavy atom. The fourth-order valence-electron chi connectivity index (χ4n) is 2.74. The summed E-state index contributed by atoms with van der Waals surface area (Å²) < 4.78 is 5.35. The van der Waals surface area contributed by atoms with Gasteiger partial charge in [0.1, 0.15) is 5.76 Å². The number of guanidine groups is 1. The van der Waals surface area contributed by atoms with Gasteiger partial charge < -0.3 is 15.1 Å². The quantitative estimate of drug-likeness (QED) is 0.460. The molecule has 1 aromatic heterocycles. The fraction of sp³-hybridized carbons (Fsp3) is 0.588. The number of rotatable bonds is 7. The van der Waals surface area contributed by atoms with Crippen molar-refractivity contribution >= 4 is 17.7 Å². The van der Waals surface area contributed by atoms with Crippen LogP contribution in [0.15, 0.2) is 40.5 Å². The summed E-state index contributed by atoms with van der Waals surface area (Å²) in [4.78, 5) is 4.66. The highest BCUT2D eigenvalue weighted by Crippen LogP contribution is 2.26. The molecule has 2 unspecified atom stereocenters. The molecule has 1 heterocycles. The maximum Gasteiger partial charge on any atom is 0.191 e. The first kappa shape index (κ1) is 17.0. The van der Waals surface area contributed by atoms with E-state index in [2.05, 4.69) is 28.5 Å². The molecule has 2 rings (SSSR count). The van der Waals surface area contributed by atoms with Gasteiger partial charge in [-0.3, -0.25) is 4.99 Å². The van der Waals surface area contributed by atoms with Gasteiger partial charge in [-0.2, -0.15) is 11.8 Å². The molecule has 2 atom stereocenters. The second-order valence-corrected chi connectivity index (χ2v) is 6.73. The van der Waals surface area contributed by atoms with Crippen LogP contribution in [-0.2, 0) is 6.42 Å². The van der Waals surface area contributed by atoms with E-state index in [-0.39, 0.29) is 0 Å². The third kappa shape index (κ3) is 5.79. The van der Waals surface area contributed by atoms with Gasteiger partial charge in [0.05, 0.1) is 6.26 Å². The molecular formula is C17H27N3OS. The van der Waals surface area contributed by atoms with Crippen molar-refractivity contribution in [3.05, 3.63) is 36.8 Å². The molecule has 4 nitrogen and oxygen atoms in total. The molecule has 0 amide bonds. The number of nitrogens with one attached hydrogen (secondary N) is 2. The van der Waals surface area contributed by atoms with Crippen LogP contribution in [0.1, 0.15) is 31.4 Å². The number of hydrogen-bond donors (Lipinski definition) is 2. The van der Waals surface area contributed by atoms with E-state index in [0.29, 0.717) is 6.04 Å². The van der Waals surface area contributed by atoms with Crippen molar-refractivity contribution in [2.45, 2.75) is 43.4 Å². The summed E-state index contributed by atoms with van der Waals surface area (Å²) >= 11 is 1.98. The Bertz CT molecular complexity index is 458. The molecular weight excluding hydrogens is 294 g/mol. The second kappa shape index (κ2) is 9.62. The minimum Gasteiger partial charge on any atom is -0.469 e. The molecule has 0 saturated heterocycles. The Hall–Kier alpha value is -1.36. The van der Waals surface area contributed by atoms with Crippen LogP contribution in [0.5, 0.6) is 0 Å². The fourth-order valence-corrected chi connectivity index (χ4v) is 3.56. The van der Waals surface area contributed by atoms with Crippen LogP contribution in [0.25, 0.3) is 0 Å². The molecule has 1 aliphatic rings. The maximum absolute atomic E-state index is 5.35. The molecule has 22 heavy (non-hydrogen) atoms. The van der Waals surface area contributed by atoms with E-state index < -0.39 is 0 Å². The molecule has 2 N–H and O–H groups in total. The van der Waals surface area contributed by atoms with E-state index in [1.165, 1.54) is 25.7 Å². The van der Waals surface area contributed by atoms with Gasteiger partial charge in [-0.15, -0.1) is 6.58 Å². The average Bonchev–Trinajstić information content (AvgIpc) is 3.06. The maximum atomic E-state index is 5.35. The van der Waals surface area contributed by atoms with E-state index in [1.54, 1.807) is 6.26 Å². The Morgan fingerprint density at radius 2 is 2.45 bits per heavy atom. The smallest absolute Gasteiger partial charge is 0.191 e. The molecule has 0 aliphatic heterocycles. The van der Waals surface area contributed by atoms with Crippen molar-refractivity contribution in [3.8, 4) is 0 Å². The number of furan rings is 1. The van der Waals surface area contributed by atoms with Crippen molar-refractivity contribution in [2.24, 2.45) is 4.99 Å². The van der Waals surface area contributed by atoms with Crippen molar-refractivity contribution in [1.82, 2.24) is 10.6 Å². The van der Waals surface area contributed by atoms with Crippen molar-refractivity contribution in [2.75, 3.05) is 19.3 Å². The molecule has 5 heteroatoms. The van der Waals surface area contributed by atoms with Gasteiger partial charge in [0.25, 0.3) is 0 Å². The monoisotopic (exact) mass is 321 g/mol. The topological polar surface area (TPSA) is 49.6 Å². The van der Waals surface area contributed by atoms with Crippen molar-refractivity contribution < 1.29 is 4.42 Å². The van der Waals surface area contributed by atoms with Gasteiger partial charge in [-0.25, -0.2) is 0 Å². The molecule has 0 spiro atoms. The van der Waals surface area contributed by atoms with Crippen LogP contribution in [-0.4, -0.2) is 36.6 Å². The molecule has 0 aromatic carbocycles. The highest BCUT2D eigenvalue weighted by atomic mass is 32.2. The molecule has 1 aliphatic carbocycles. The average molecular weight is 321 g/mol. The van der Waals surface area contributed by atoms with Gasteiger partial charge in [0, 0.05) is 30.8 Å². The van der Waals surface area contributed by atoms with E-state index in [9.17, 15) is 0 Å². The summed E-state index contributed by atoms with van der Waals surface area (Å²) in [6.07, 6.45) is 11.7. The standard InChI is InChI=1S/C17H27N3OS/c1-3-10-18-17(19-11-9-15-7-5-12-21-15)20-14-6-4-8-16(13-14)22-2/h3,5,7,12,14,16H,1,4,6,8-11,13H2,2H3,(H2,18,19,20). The van der Waals surface area contributed by atoms with Crippen LogP contribution in [0.3, 0.4) is 0 Å². The van der Waals surface area contributed by atoms with Gasteiger partial charge in [0.15, 0.2) is 5.96 Å². The van der Waals surface area contributed by atoms with Crippen LogP contribution in [0, 0.1) is 0 Å². The molecule has 0 bridgehead atoms. The zero-order valence-electron chi connectivity index (χ0n) is 13.4. The summed E-state index contributed by atoms with van der Waals surface area (Å²) in [5.41, 5.74) is 0. The Kier molecular flexibility index (Phi) is 7.43. The van der Waals surface area contributed by atoms with Crippen molar-refractivity contribution in [1.29, 1.82) is 0 Å². The summed E-state index contributed by atoms with van der Waals surface area (Å²) in [7, 11) is 0. The first-order valence-corrected chi connectivity index (χ1v) is 9.31. The minimum absolute atomic E-state index is 0.519. The number of aliphatic imine (C=N–C) groups is 1. The van der Waals surface area contributed by atoms with Crippen molar-refractivity contribution in [3.63, 3.8) is 0 Å². The van der Waals surface area contributed by atoms with Gasteiger partial charge >= 0.3 is 0 Å². The van der Waals surface area contributed by atoms with E-state index >= 15 is 0 Å². The second-order valence-electron chi connectivity index (χ2n) is 5.59. The predicted molar refractivity (Wildman–Crippen MR) is 95.6 cm³/mol. The van der Waals surface area contributed by atoms with Crippen LogP contribution in [0.2, 0.25) is 0 Å². The zero-order valence-corrected chi connectivity index (χ0v) is 14.2. The van der Waals surface area contributed by atoms with E-state index in [1.807, 2.05) is 30.0 Å². The van der Waals surface area contributed by atoms with Gasteiger partial charge in [-0.05, 0) is 37.7 Å². The lowest BCUT2D eigenvalue weighted by Crippen LogP contribution is -2.45. The highest BCUT2D eigenvalue weighted by Gasteiger charge is 2.21. The minimum atomic E-state index is 0.519. The predicted octanol–water partition coefficient (Wildman–Crippen LogP) is 3.22. The summed E-state index contributed by atoms with van der Waals surface area (Å²) in [6.45, 7) is 5.21. The molecule has 1 aromatic rings. The Labute approximate surface area is 137 Å².